The first-order valence-corrected chi connectivity index (χ1v) is 8.45. The Balaban J connectivity index is 1.54. The molecule has 0 aromatic carbocycles. The van der Waals surface area contributed by atoms with Gasteiger partial charge in [-0.05, 0) is 61.5 Å². The molecular formula is C16H20ClN3O3. The lowest BCUT2D eigenvalue weighted by Crippen LogP contribution is -2.61. The quantitative estimate of drug-likeness (QED) is 0.822. The first-order valence-electron chi connectivity index (χ1n) is 8.07. The number of hydrogen-bond donors (Lipinski definition) is 2. The van der Waals surface area contributed by atoms with Gasteiger partial charge in [-0.15, -0.1) is 0 Å². The summed E-state index contributed by atoms with van der Waals surface area (Å²) < 4.78 is 5.13. The van der Waals surface area contributed by atoms with Crippen molar-refractivity contribution in [3.63, 3.8) is 0 Å². The number of carbonyl (C=O) groups is 1. The zero-order valence-corrected chi connectivity index (χ0v) is 13.7. The van der Waals surface area contributed by atoms with Crippen LogP contribution in [0.3, 0.4) is 0 Å². The van der Waals surface area contributed by atoms with E-state index in [1.807, 2.05) is 0 Å². The van der Waals surface area contributed by atoms with Crippen molar-refractivity contribution in [3.8, 4) is 5.88 Å². The number of halogens is 1. The van der Waals surface area contributed by atoms with Crippen LogP contribution < -0.4 is 10.1 Å². The number of carbonyl (C=O) groups excluding carboxylic acids is 1. The van der Waals surface area contributed by atoms with Gasteiger partial charge < -0.3 is 15.2 Å². The maximum absolute atomic E-state index is 12.6. The summed E-state index contributed by atoms with van der Waals surface area (Å²) in [5.41, 5.74) is -0.205. The molecule has 23 heavy (non-hydrogen) atoms. The molecule has 0 saturated heterocycles. The molecule has 7 heteroatoms. The topological polar surface area (TPSA) is 84.3 Å². The molecule has 1 aromatic heterocycles. The third-order valence-electron chi connectivity index (χ3n) is 5.70. The molecule has 4 aliphatic rings. The Morgan fingerprint density at radius 2 is 2.09 bits per heavy atom. The third-order valence-corrected chi connectivity index (χ3v) is 5.88. The van der Waals surface area contributed by atoms with Crippen molar-refractivity contribution in [2.24, 2.45) is 17.8 Å². The van der Waals surface area contributed by atoms with E-state index in [-0.39, 0.29) is 23.1 Å². The predicted octanol–water partition coefficient (Wildman–Crippen LogP) is 1.81. The highest BCUT2D eigenvalue weighted by Crippen LogP contribution is 2.55. The maximum Gasteiger partial charge on any atom is 0.258 e. The highest BCUT2D eigenvalue weighted by Gasteiger charge is 2.55. The molecule has 2 unspecified atom stereocenters. The normalized spacial score (nSPS) is 37.7. The zero-order valence-electron chi connectivity index (χ0n) is 13.0. The van der Waals surface area contributed by atoms with Gasteiger partial charge in [0.25, 0.3) is 5.91 Å². The van der Waals surface area contributed by atoms with Gasteiger partial charge in [0, 0.05) is 12.2 Å². The van der Waals surface area contributed by atoms with Gasteiger partial charge in [0.15, 0.2) is 0 Å². The van der Waals surface area contributed by atoms with Crippen LogP contribution in [0.2, 0.25) is 5.28 Å². The number of aliphatic hydroxyl groups is 1. The summed E-state index contributed by atoms with van der Waals surface area (Å²) in [6.07, 6.45) is 6.10. The summed E-state index contributed by atoms with van der Waals surface area (Å²) in [6, 6.07) is 0.111. The highest BCUT2D eigenvalue weighted by atomic mass is 35.5. The van der Waals surface area contributed by atoms with E-state index in [4.69, 9.17) is 16.3 Å². The van der Waals surface area contributed by atoms with Crippen molar-refractivity contribution in [1.82, 2.24) is 15.3 Å². The number of hydrogen-bond acceptors (Lipinski definition) is 5. The molecule has 5 rings (SSSR count). The minimum absolute atomic E-state index is 0.0512. The third kappa shape index (κ3) is 2.58. The summed E-state index contributed by atoms with van der Waals surface area (Å²) in [4.78, 5) is 20.4. The molecule has 0 spiro atoms. The van der Waals surface area contributed by atoms with Gasteiger partial charge in [-0.25, -0.2) is 4.98 Å². The van der Waals surface area contributed by atoms with Crippen molar-refractivity contribution in [2.75, 3.05) is 7.11 Å². The number of ether oxygens (including phenoxy) is 1. The largest absolute Gasteiger partial charge is 0.480 e. The van der Waals surface area contributed by atoms with E-state index < -0.39 is 5.60 Å². The van der Waals surface area contributed by atoms with Gasteiger partial charge in [-0.3, -0.25) is 4.79 Å². The summed E-state index contributed by atoms with van der Waals surface area (Å²) in [5.74, 6) is 1.27. The van der Waals surface area contributed by atoms with Crippen molar-refractivity contribution in [3.05, 3.63) is 17.0 Å². The Hall–Kier alpha value is -1.40. The van der Waals surface area contributed by atoms with Crippen LogP contribution in [0.15, 0.2) is 6.20 Å². The van der Waals surface area contributed by atoms with Crippen molar-refractivity contribution in [1.29, 1.82) is 0 Å². The van der Waals surface area contributed by atoms with E-state index >= 15 is 0 Å². The Bertz CT molecular complexity index is 637. The van der Waals surface area contributed by atoms with Crippen LogP contribution in [0, 0.1) is 17.8 Å². The Morgan fingerprint density at radius 3 is 2.70 bits per heavy atom. The maximum atomic E-state index is 12.6. The Morgan fingerprint density at radius 1 is 1.39 bits per heavy atom. The molecule has 124 valence electrons. The number of nitrogens with one attached hydrogen (secondary N) is 1. The molecule has 4 aliphatic carbocycles. The van der Waals surface area contributed by atoms with E-state index in [0.29, 0.717) is 23.3 Å². The average molecular weight is 338 g/mol. The molecular weight excluding hydrogens is 318 g/mol. The summed E-state index contributed by atoms with van der Waals surface area (Å²) in [7, 11) is 1.45. The average Bonchev–Trinajstić information content (AvgIpc) is 2.48. The van der Waals surface area contributed by atoms with Gasteiger partial charge in [-0.1, -0.05) is 0 Å². The fourth-order valence-corrected chi connectivity index (χ4v) is 5.23. The van der Waals surface area contributed by atoms with E-state index in [9.17, 15) is 9.90 Å². The fourth-order valence-electron chi connectivity index (χ4n) is 5.10. The van der Waals surface area contributed by atoms with Crippen molar-refractivity contribution >= 4 is 17.5 Å². The second-order valence-electron chi connectivity index (χ2n) is 7.26. The van der Waals surface area contributed by atoms with E-state index in [2.05, 4.69) is 15.3 Å². The van der Waals surface area contributed by atoms with Gasteiger partial charge >= 0.3 is 0 Å². The molecule has 4 saturated carbocycles. The second kappa shape index (κ2) is 5.31. The lowest BCUT2D eigenvalue weighted by atomic mass is 9.52. The van der Waals surface area contributed by atoms with Crippen LogP contribution >= 0.6 is 11.6 Å². The van der Waals surface area contributed by atoms with Crippen LogP contribution in [0.25, 0.3) is 0 Å². The standard InChI is InChI=1S/C16H20ClN3O3/c1-23-14-11(7-18-15(17)20-14)13(21)19-12-9-2-8-3-10(12)6-16(22,4-8)5-9/h7-10,12,22H,2-6H2,1H3,(H,19,21). The first-order chi connectivity index (χ1) is 11.0. The molecule has 1 amide bonds. The second-order valence-corrected chi connectivity index (χ2v) is 7.59. The number of methoxy groups -OCH3 is 1. The first kappa shape index (κ1) is 15.1. The highest BCUT2D eigenvalue weighted by molar-refractivity contribution is 6.28. The Labute approximate surface area is 139 Å². The van der Waals surface area contributed by atoms with Crippen molar-refractivity contribution < 1.29 is 14.6 Å². The fraction of sp³-hybridized carbons (Fsp3) is 0.688. The SMILES string of the molecule is COc1nc(Cl)ncc1C(=O)NC1C2CC3CC1CC(O)(C3)C2. The summed E-state index contributed by atoms with van der Waals surface area (Å²) in [5, 5.41) is 13.8. The number of aromatic nitrogens is 2. The molecule has 2 N–H and O–H groups in total. The van der Waals surface area contributed by atoms with Crippen LogP contribution in [0.5, 0.6) is 5.88 Å². The Kier molecular flexibility index (Phi) is 3.50. The van der Waals surface area contributed by atoms with Gasteiger partial charge in [-0.2, -0.15) is 4.98 Å². The molecule has 0 aliphatic heterocycles. The molecule has 4 fully saturated rings. The molecule has 1 heterocycles. The molecule has 6 nitrogen and oxygen atoms in total. The van der Waals surface area contributed by atoms with Crippen molar-refractivity contribution in [2.45, 2.75) is 43.7 Å². The number of nitrogens with zero attached hydrogens (tertiary/aromatic N) is 2. The minimum Gasteiger partial charge on any atom is -0.480 e. The van der Waals surface area contributed by atoms with Crippen LogP contribution in [0.1, 0.15) is 42.5 Å². The molecule has 0 radical (unpaired) electrons. The molecule has 1 aromatic rings. The lowest BCUT2D eigenvalue weighted by molar-refractivity contribution is -0.136. The number of rotatable bonds is 3. The molecule has 2 atom stereocenters. The minimum atomic E-state index is -0.501. The van der Waals surface area contributed by atoms with Crippen LogP contribution in [0.4, 0.5) is 0 Å². The zero-order chi connectivity index (χ0) is 16.2. The lowest BCUT2D eigenvalue weighted by Gasteiger charge is -2.58. The van der Waals surface area contributed by atoms with Gasteiger partial charge in [0.2, 0.25) is 11.2 Å². The van der Waals surface area contributed by atoms with E-state index in [0.717, 1.165) is 32.1 Å². The van der Waals surface area contributed by atoms with Gasteiger partial charge in [0.05, 0.1) is 12.7 Å². The smallest absolute Gasteiger partial charge is 0.258 e. The van der Waals surface area contributed by atoms with Crippen LogP contribution in [-0.2, 0) is 0 Å². The number of amides is 1. The van der Waals surface area contributed by atoms with Gasteiger partial charge in [0.1, 0.15) is 5.56 Å². The monoisotopic (exact) mass is 337 g/mol. The summed E-state index contributed by atoms with van der Waals surface area (Å²) >= 11 is 5.74. The van der Waals surface area contributed by atoms with Crippen LogP contribution in [-0.4, -0.2) is 39.7 Å². The summed E-state index contributed by atoms with van der Waals surface area (Å²) in [6.45, 7) is 0. The predicted molar refractivity (Wildman–Crippen MR) is 83.4 cm³/mol. The van der Waals surface area contributed by atoms with E-state index in [1.54, 1.807) is 0 Å². The molecule has 4 bridgehead atoms. The van der Waals surface area contributed by atoms with E-state index in [1.165, 1.54) is 13.3 Å².